The maximum atomic E-state index is 13.0. The number of rotatable bonds is 9. The zero-order valence-electron chi connectivity index (χ0n) is 14.1. The largest absolute Gasteiger partial charge is 0.338 e. The molecule has 2 rings (SSSR count). The van der Waals surface area contributed by atoms with E-state index in [0.717, 1.165) is 30.2 Å². The van der Waals surface area contributed by atoms with E-state index in [0.29, 0.717) is 12.2 Å². The Hall–Kier alpha value is -1.38. The summed E-state index contributed by atoms with van der Waals surface area (Å²) in [7, 11) is -4.12. The van der Waals surface area contributed by atoms with Crippen LogP contribution in [0.3, 0.4) is 0 Å². The summed E-state index contributed by atoms with van der Waals surface area (Å²) in [6.07, 6.45) is 2.18. The molecule has 1 fully saturated rings. The Kier molecular flexibility index (Phi) is 7.04. The molecule has 1 aromatic carbocycles. The van der Waals surface area contributed by atoms with Crippen molar-refractivity contribution in [2.75, 3.05) is 18.1 Å². The molecule has 1 amide bonds. The van der Waals surface area contributed by atoms with Crippen LogP contribution in [0.5, 0.6) is 0 Å². The molecule has 8 heteroatoms. The van der Waals surface area contributed by atoms with E-state index in [1.165, 1.54) is 6.92 Å². The summed E-state index contributed by atoms with van der Waals surface area (Å²) >= 11 is 1.11. The SMILES string of the molecule is CC(=O)SCC(Cc1ccccc1)C(=O)N(CCS(=O)(=O)O)C1CC1. The summed E-state index contributed by atoms with van der Waals surface area (Å²) in [4.78, 5) is 25.9. The number of benzene rings is 1. The lowest BCUT2D eigenvalue weighted by Gasteiger charge is -2.27. The van der Waals surface area contributed by atoms with Gasteiger partial charge in [0.1, 0.15) is 0 Å². The molecule has 0 saturated heterocycles. The van der Waals surface area contributed by atoms with Crippen LogP contribution in [0.25, 0.3) is 0 Å². The third-order valence-electron chi connectivity index (χ3n) is 4.02. The number of amides is 1. The highest BCUT2D eigenvalue weighted by atomic mass is 32.2. The van der Waals surface area contributed by atoms with Crippen molar-refractivity contribution < 1.29 is 22.6 Å². The first-order valence-electron chi connectivity index (χ1n) is 8.19. The van der Waals surface area contributed by atoms with Crippen molar-refractivity contribution in [3.8, 4) is 0 Å². The molecular weight excluding hydrogens is 362 g/mol. The smallest absolute Gasteiger partial charge is 0.266 e. The van der Waals surface area contributed by atoms with Gasteiger partial charge < -0.3 is 4.90 Å². The number of hydrogen-bond donors (Lipinski definition) is 1. The highest BCUT2D eigenvalue weighted by Gasteiger charge is 2.36. The summed E-state index contributed by atoms with van der Waals surface area (Å²) in [6, 6.07) is 9.58. The van der Waals surface area contributed by atoms with Crippen LogP contribution in [0.1, 0.15) is 25.3 Å². The van der Waals surface area contributed by atoms with Gasteiger partial charge in [0.15, 0.2) is 5.12 Å². The Bertz CT molecular complexity index is 701. The van der Waals surface area contributed by atoms with E-state index >= 15 is 0 Å². The predicted octanol–water partition coefficient (Wildman–Crippen LogP) is 2.00. The van der Waals surface area contributed by atoms with Crippen LogP contribution in [-0.2, 0) is 26.1 Å². The number of nitrogens with zero attached hydrogens (tertiary/aromatic N) is 1. The molecule has 1 unspecified atom stereocenters. The summed E-state index contributed by atoms with van der Waals surface area (Å²) in [6.45, 7) is 1.45. The minimum Gasteiger partial charge on any atom is -0.338 e. The third-order valence-corrected chi connectivity index (χ3v) is 5.70. The summed E-state index contributed by atoms with van der Waals surface area (Å²) in [5, 5.41) is -0.0539. The summed E-state index contributed by atoms with van der Waals surface area (Å²) < 4.78 is 31.1. The Balaban J connectivity index is 2.11. The van der Waals surface area contributed by atoms with E-state index in [1.54, 1.807) is 4.90 Å². The zero-order chi connectivity index (χ0) is 18.4. The van der Waals surface area contributed by atoms with Crippen molar-refractivity contribution in [3.05, 3.63) is 35.9 Å². The number of carbonyl (C=O) groups is 2. The first-order valence-corrected chi connectivity index (χ1v) is 10.8. The Morgan fingerprint density at radius 1 is 1.28 bits per heavy atom. The normalized spacial score (nSPS) is 15.6. The van der Waals surface area contributed by atoms with Gasteiger partial charge in [0, 0.05) is 25.3 Å². The molecule has 138 valence electrons. The van der Waals surface area contributed by atoms with Crippen LogP contribution < -0.4 is 0 Å². The Morgan fingerprint density at radius 3 is 2.44 bits per heavy atom. The van der Waals surface area contributed by atoms with Crippen LogP contribution in [-0.4, -0.2) is 53.0 Å². The zero-order valence-corrected chi connectivity index (χ0v) is 15.8. The van der Waals surface area contributed by atoms with Gasteiger partial charge in [0.25, 0.3) is 10.1 Å². The number of carbonyl (C=O) groups excluding carboxylic acids is 2. The minimum atomic E-state index is -4.12. The summed E-state index contributed by atoms with van der Waals surface area (Å²) in [5.74, 6) is -0.660. The van der Waals surface area contributed by atoms with Gasteiger partial charge in [0.2, 0.25) is 5.91 Å². The van der Waals surface area contributed by atoms with Gasteiger partial charge in [-0.15, -0.1) is 0 Å². The van der Waals surface area contributed by atoms with Gasteiger partial charge in [-0.25, -0.2) is 0 Å². The standard InChI is InChI=1S/C17H23NO5S2/c1-13(19)24-12-15(11-14-5-3-2-4-6-14)17(20)18(16-7-8-16)9-10-25(21,22)23/h2-6,15-16H,7-12H2,1H3,(H,21,22,23). The molecule has 1 saturated carbocycles. The molecule has 1 aromatic rings. The molecule has 25 heavy (non-hydrogen) atoms. The molecule has 0 radical (unpaired) electrons. The van der Waals surface area contributed by atoms with E-state index in [1.807, 2.05) is 30.3 Å². The monoisotopic (exact) mass is 385 g/mol. The van der Waals surface area contributed by atoms with Gasteiger partial charge in [0.05, 0.1) is 11.7 Å². The lowest BCUT2D eigenvalue weighted by Crippen LogP contribution is -2.42. The predicted molar refractivity (Wildman–Crippen MR) is 97.9 cm³/mol. The topological polar surface area (TPSA) is 91.8 Å². The Labute approximate surface area is 152 Å². The molecular formula is C17H23NO5S2. The van der Waals surface area contributed by atoms with Crippen LogP contribution in [0.2, 0.25) is 0 Å². The molecule has 0 heterocycles. The highest BCUT2D eigenvalue weighted by molar-refractivity contribution is 8.13. The first kappa shape index (κ1) is 19.9. The van der Waals surface area contributed by atoms with Crippen molar-refractivity contribution in [2.24, 2.45) is 5.92 Å². The molecule has 0 spiro atoms. The third kappa shape index (κ3) is 7.17. The fourth-order valence-corrected chi connectivity index (χ4v) is 3.76. The van der Waals surface area contributed by atoms with Crippen LogP contribution in [0.4, 0.5) is 0 Å². The second-order valence-electron chi connectivity index (χ2n) is 6.24. The molecule has 0 aromatic heterocycles. The van der Waals surface area contributed by atoms with Crippen molar-refractivity contribution in [1.82, 2.24) is 4.90 Å². The van der Waals surface area contributed by atoms with Gasteiger partial charge in [-0.05, 0) is 24.8 Å². The van der Waals surface area contributed by atoms with Gasteiger partial charge >= 0.3 is 0 Å². The van der Waals surface area contributed by atoms with Crippen molar-refractivity contribution in [1.29, 1.82) is 0 Å². The van der Waals surface area contributed by atoms with Crippen molar-refractivity contribution >= 4 is 32.9 Å². The van der Waals surface area contributed by atoms with Gasteiger partial charge in [-0.2, -0.15) is 8.42 Å². The molecule has 1 aliphatic carbocycles. The molecule has 1 N–H and O–H groups in total. The molecule has 6 nitrogen and oxygen atoms in total. The van der Waals surface area contributed by atoms with Gasteiger partial charge in [-0.1, -0.05) is 42.1 Å². The van der Waals surface area contributed by atoms with Crippen LogP contribution in [0.15, 0.2) is 30.3 Å². The lowest BCUT2D eigenvalue weighted by molar-refractivity contribution is -0.135. The van der Waals surface area contributed by atoms with Crippen molar-refractivity contribution in [3.63, 3.8) is 0 Å². The Morgan fingerprint density at radius 2 is 1.92 bits per heavy atom. The molecule has 1 atom stereocenters. The molecule has 0 aliphatic heterocycles. The average Bonchev–Trinajstić information content (AvgIpc) is 3.36. The number of hydrogen-bond acceptors (Lipinski definition) is 5. The second-order valence-corrected chi connectivity index (χ2v) is 9.01. The maximum Gasteiger partial charge on any atom is 0.266 e. The van der Waals surface area contributed by atoms with Gasteiger partial charge in [-0.3, -0.25) is 14.1 Å². The fourth-order valence-electron chi connectivity index (χ4n) is 2.64. The lowest BCUT2D eigenvalue weighted by atomic mass is 9.99. The van der Waals surface area contributed by atoms with E-state index in [2.05, 4.69) is 0 Å². The second kappa shape index (κ2) is 8.82. The average molecular weight is 386 g/mol. The van der Waals surface area contributed by atoms with Crippen LogP contribution in [0, 0.1) is 5.92 Å². The molecule has 0 bridgehead atoms. The van der Waals surface area contributed by atoms with Crippen LogP contribution >= 0.6 is 11.8 Å². The number of thioether (sulfide) groups is 1. The quantitative estimate of drug-likeness (QED) is 0.654. The highest BCUT2D eigenvalue weighted by Crippen LogP contribution is 2.29. The molecule has 1 aliphatic rings. The van der Waals surface area contributed by atoms with E-state index < -0.39 is 21.8 Å². The van der Waals surface area contributed by atoms with E-state index in [9.17, 15) is 18.0 Å². The maximum absolute atomic E-state index is 13.0. The fraction of sp³-hybridized carbons (Fsp3) is 0.529. The first-order chi connectivity index (χ1) is 11.8. The summed E-state index contributed by atoms with van der Waals surface area (Å²) in [5.41, 5.74) is 0.996. The minimum absolute atomic E-state index is 0.0155. The van der Waals surface area contributed by atoms with Crippen molar-refractivity contribution in [2.45, 2.75) is 32.2 Å². The van der Waals surface area contributed by atoms with E-state index in [-0.39, 0.29) is 23.6 Å². The van der Waals surface area contributed by atoms with E-state index in [4.69, 9.17) is 4.55 Å².